The van der Waals surface area contributed by atoms with Gasteiger partial charge in [0.1, 0.15) is 11.6 Å². The fraction of sp³-hybridized carbons (Fsp3) is 0.500. The number of nitrogen functional groups attached to an aromatic ring is 1. The van der Waals surface area contributed by atoms with Gasteiger partial charge in [-0.3, -0.25) is 4.79 Å². The van der Waals surface area contributed by atoms with Crippen LogP contribution in [0.2, 0.25) is 10.0 Å². The van der Waals surface area contributed by atoms with Crippen molar-refractivity contribution in [1.29, 1.82) is 0 Å². The third-order valence-corrected chi connectivity index (χ3v) is 2.71. The van der Waals surface area contributed by atoms with E-state index in [1.807, 2.05) is 20.8 Å². The van der Waals surface area contributed by atoms with Crippen molar-refractivity contribution in [1.82, 2.24) is 10.3 Å². The van der Waals surface area contributed by atoms with Crippen LogP contribution in [0.4, 0.5) is 11.6 Å². The van der Waals surface area contributed by atoms with Gasteiger partial charge in [0, 0.05) is 18.5 Å². The quantitative estimate of drug-likeness (QED) is 0.799. The lowest BCUT2D eigenvalue weighted by molar-refractivity contribution is -0.122. The minimum absolute atomic E-state index is 0.0435. The van der Waals surface area contributed by atoms with Crippen LogP contribution in [0.1, 0.15) is 27.2 Å². The minimum atomic E-state index is -0.238. The van der Waals surface area contributed by atoms with E-state index in [2.05, 4.69) is 15.6 Å². The predicted molar refractivity (Wildman–Crippen MR) is 79.7 cm³/mol. The van der Waals surface area contributed by atoms with E-state index in [1.54, 1.807) is 0 Å². The molecule has 0 atom stereocenters. The van der Waals surface area contributed by atoms with Crippen LogP contribution in [0, 0.1) is 0 Å². The molecule has 0 fully saturated rings. The zero-order valence-electron chi connectivity index (χ0n) is 11.2. The zero-order chi connectivity index (χ0) is 14.6. The second-order valence-corrected chi connectivity index (χ2v) is 5.98. The van der Waals surface area contributed by atoms with Gasteiger partial charge in [-0.05, 0) is 26.8 Å². The van der Waals surface area contributed by atoms with Crippen LogP contribution in [-0.4, -0.2) is 23.0 Å². The Kier molecular flexibility index (Phi) is 5.26. The van der Waals surface area contributed by atoms with Crippen molar-refractivity contribution >= 4 is 40.7 Å². The van der Waals surface area contributed by atoms with E-state index in [0.29, 0.717) is 28.8 Å². The van der Waals surface area contributed by atoms with E-state index in [1.165, 1.54) is 6.07 Å². The summed E-state index contributed by atoms with van der Waals surface area (Å²) in [6, 6.07) is 1.52. The predicted octanol–water partition coefficient (Wildman–Crippen LogP) is 2.69. The third kappa shape index (κ3) is 5.53. The Balaban J connectivity index is 2.50. The molecule has 1 amide bonds. The summed E-state index contributed by atoms with van der Waals surface area (Å²) in [6.45, 7) is 6.19. The molecular weight excluding hydrogens is 287 g/mol. The number of hydrogen-bond acceptors (Lipinski definition) is 4. The molecule has 5 nitrogen and oxygen atoms in total. The van der Waals surface area contributed by atoms with Gasteiger partial charge < -0.3 is 16.4 Å². The number of amides is 1. The average Bonchev–Trinajstić information content (AvgIpc) is 2.22. The molecule has 0 saturated heterocycles. The number of carbonyl (C=O) groups is 1. The lowest BCUT2D eigenvalue weighted by Crippen LogP contribution is -2.41. The van der Waals surface area contributed by atoms with Crippen LogP contribution in [0.15, 0.2) is 6.07 Å². The number of nitrogens with two attached hydrogens (primary N) is 1. The topological polar surface area (TPSA) is 80.0 Å². The molecule has 1 aromatic heterocycles. The first-order valence-corrected chi connectivity index (χ1v) is 6.61. The van der Waals surface area contributed by atoms with Crippen molar-refractivity contribution in [3.63, 3.8) is 0 Å². The lowest BCUT2D eigenvalue weighted by Gasteiger charge is -2.20. The maximum absolute atomic E-state index is 11.6. The summed E-state index contributed by atoms with van der Waals surface area (Å²) in [5.74, 6) is 0.581. The number of pyridine rings is 1. The number of nitrogens with zero attached hydrogens (tertiary/aromatic N) is 1. The first-order chi connectivity index (χ1) is 8.69. The number of aromatic nitrogens is 1. The Morgan fingerprint density at radius 3 is 2.58 bits per heavy atom. The number of anilines is 2. The highest BCUT2D eigenvalue weighted by atomic mass is 35.5. The first-order valence-electron chi connectivity index (χ1n) is 5.85. The molecular formula is C12H18Cl2N4O. The summed E-state index contributed by atoms with van der Waals surface area (Å²) in [7, 11) is 0. The minimum Gasteiger partial charge on any atom is -0.382 e. The van der Waals surface area contributed by atoms with Crippen LogP contribution in [0.3, 0.4) is 0 Å². The molecule has 4 N–H and O–H groups in total. The maximum Gasteiger partial charge on any atom is 0.222 e. The van der Waals surface area contributed by atoms with Crippen LogP contribution in [0.5, 0.6) is 0 Å². The molecule has 0 aliphatic carbocycles. The maximum atomic E-state index is 11.6. The van der Waals surface area contributed by atoms with E-state index in [-0.39, 0.29) is 17.3 Å². The number of nitrogens with one attached hydrogen (secondary N) is 2. The molecule has 7 heteroatoms. The van der Waals surface area contributed by atoms with E-state index in [4.69, 9.17) is 28.9 Å². The van der Waals surface area contributed by atoms with E-state index in [0.717, 1.165) is 0 Å². The fourth-order valence-electron chi connectivity index (χ4n) is 1.38. The second kappa shape index (κ2) is 6.30. The van der Waals surface area contributed by atoms with Crippen molar-refractivity contribution in [2.45, 2.75) is 32.7 Å². The summed E-state index contributed by atoms with van der Waals surface area (Å²) in [5.41, 5.74) is 5.34. The molecule has 0 aliphatic heterocycles. The number of halogens is 2. The number of carbonyl (C=O) groups excluding carboxylic acids is 1. The SMILES string of the molecule is CC(C)(C)NC(=O)CCNc1nc(N)c(Cl)cc1Cl. The van der Waals surface area contributed by atoms with E-state index in [9.17, 15) is 4.79 Å². The van der Waals surface area contributed by atoms with E-state index >= 15 is 0 Å². The van der Waals surface area contributed by atoms with Crippen LogP contribution < -0.4 is 16.4 Å². The Hall–Kier alpha value is -1.20. The van der Waals surface area contributed by atoms with Crippen LogP contribution >= 0.6 is 23.2 Å². The van der Waals surface area contributed by atoms with Crippen molar-refractivity contribution in [2.24, 2.45) is 0 Å². The Morgan fingerprint density at radius 1 is 1.37 bits per heavy atom. The molecule has 0 spiro atoms. The van der Waals surface area contributed by atoms with Gasteiger partial charge in [0.2, 0.25) is 5.91 Å². The molecule has 0 radical (unpaired) electrons. The molecule has 1 rings (SSSR count). The molecule has 0 bridgehead atoms. The van der Waals surface area contributed by atoms with Crippen molar-refractivity contribution < 1.29 is 4.79 Å². The van der Waals surface area contributed by atoms with E-state index < -0.39 is 0 Å². The zero-order valence-corrected chi connectivity index (χ0v) is 12.7. The van der Waals surface area contributed by atoms with Gasteiger partial charge in [-0.25, -0.2) is 4.98 Å². The van der Waals surface area contributed by atoms with Gasteiger partial charge in [0.05, 0.1) is 10.0 Å². The average molecular weight is 305 g/mol. The molecule has 0 unspecified atom stereocenters. The van der Waals surface area contributed by atoms with Crippen molar-refractivity contribution in [2.75, 3.05) is 17.6 Å². The highest BCUT2D eigenvalue weighted by molar-refractivity contribution is 6.37. The summed E-state index contributed by atoms with van der Waals surface area (Å²) in [5, 5.41) is 6.49. The molecule has 0 saturated carbocycles. The molecule has 19 heavy (non-hydrogen) atoms. The fourth-order valence-corrected chi connectivity index (χ4v) is 1.81. The number of rotatable bonds is 4. The van der Waals surface area contributed by atoms with Gasteiger partial charge in [0.15, 0.2) is 0 Å². The second-order valence-electron chi connectivity index (χ2n) is 5.16. The van der Waals surface area contributed by atoms with Crippen LogP contribution in [-0.2, 0) is 4.79 Å². The van der Waals surface area contributed by atoms with Gasteiger partial charge in [-0.2, -0.15) is 0 Å². The smallest absolute Gasteiger partial charge is 0.222 e. The summed E-state index contributed by atoms with van der Waals surface area (Å²) in [6.07, 6.45) is 0.317. The largest absolute Gasteiger partial charge is 0.382 e. The van der Waals surface area contributed by atoms with Crippen LogP contribution in [0.25, 0.3) is 0 Å². The molecule has 106 valence electrons. The monoisotopic (exact) mass is 304 g/mol. The Morgan fingerprint density at radius 2 is 2.00 bits per heavy atom. The highest BCUT2D eigenvalue weighted by Gasteiger charge is 2.13. The molecule has 0 aliphatic rings. The van der Waals surface area contributed by atoms with Gasteiger partial charge in [0.25, 0.3) is 0 Å². The Bertz CT molecular complexity index is 472. The number of hydrogen-bond donors (Lipinski definition) is 3. The normalized spacial score (nSPS) is 11.2. The Labute approximate surface area is 122 Å². The highest BCUT2D eigenvalue weighted by Crippen LogP contribution is 2.27. The standard InChI is InChI=1S/C12H18Cl2N4O/c1-12(2,3)18-9(19)4-5-16-11-8(14)6-7(13)10(15)17-11/h6H,4-5H2,1-3H3,(H,18,19)(H3,15,16,17). The molecule has 1 aromatic rings. The lowest BCUT2D eigenvalue weighted by atomic mass is 10.1. The van der Waals surface area contributed by atoms with Gasteiger partial charge in [-0.1, -0.05) is 23.2 Å². The molecule has 0 aromatic carbocycles. The van der Waals surface area contributed by atoms with Gasteiger partial charge >= 0.3 is 0 Å². The van der Waals surface area contributed by atoms with Gasteiger partial charge in [-0.15, -0.1) is 0 Å². The van der Waals surface area contributed by atoms with Crippen molar-refractivity contribution in [3.8, 4) is 0 Å². The summed E-state index contributed by atoms with van der Waals surface area (Å²) < 4.78 is 0. The summed E-state index contributed by atoms with van der Waals surface area (Å²) in [4.78, 5) is 15.6. The summed E-state index contributed by atoms with van der Waals surface area (Å²) >= 11 is 11.7. The first kappa shape index (κ1) is 15.9. The van der Waals surface area contributed by atoms with Crippen molar-refractivity contribution in [3.05, 3.63) is 16.1 Å². The molecule has 1 heterocycles. The third-order valence-electron chi connectivity index (χ3n) is 2.12.